The van der Waals surface area contributed by atoms with Crippen molar-refractivity contribution in [1.82, 2.24) is 4.31 Å². The SMILES string of the molecule is O=C(O)c1cccc(S(=O)(=O)N2C[C@@H](O)[C@@H](O)C2)c1. The molecule has 1 aromatic carbocycles. The summed E-state index contributed by atoms with van der Waals surface area (Å²) in [6.45, 7) is -0.415. The zero-order chi connectivity index (χ0) is 14.2. The molecule has 8 heteroatoms. The lowest BCUT2D eigenvalue weighted by molar-refractivity contribution is 0.0572. The maximum atomic E-state index is 12.2. The summed E-state index contributed by atoms with van der Waals surface area (Å²) in [5, 5.41) is 27.6. The summed E-state index contributed by atoms with van der Waals surface area (Å²) < 4.78 is 25.4. The number of benzene rings is 1. The van der Waals surface area contributed by atoms with Gasteiger partial charge in [-0.05, 0) is 18.2 Å². The van der Waals surface area contributed by atoms with Gasteiger partial charge >= 0.3 is 5.97 Å². The minimum Gasteiger partial charge on any atom is -0.478 e. The molecule has 7 nitrogen and oxygen atoms in total. The average molecular weight is 287 g/mol. The number of hydrogen-bond acceptors (Lipinski definition) is 5. The molecule has 1 aromatic rings. The number of β-amino-alcohol motifs (C(OH)–C–C–N with tert-alkyl or cyclic N) is 2. The number of carboxylic acids is 1. The Morgan fingerprint density at radius 2 is 1.79 bits per heavy atom. The van der Waals surface area contributed by atoms with Gasteiger partial charge in [0.2, 0.25) is 10.0 Å². The molecule has 0 amide bonds. The first-order valence-electron chi connectivity index (χ1n) is 5.52. The maximum absolute atomic E-state index is 12.2. The molecule has 0 radical (unpaired) electrons. The molecular formula is C11H13NO6S. The number of hydrogen-bond donors (Lipinski definition) is 3. The molecule has 0 bridgehead atoms. The van der Waals surface area contributed by atoms with E-state index < -0.39 is 28.2 Å². The first-order chi connectivity index (χ1) is 8.82. The summed E-state index contributed by atoms with van der Waals surface area (Å²) in [6.07, 6.45) is -2.25. The fraction of sp³-hybridized carbons (Fsp3) is 0.364. The fourth-order valence-electron chi connectivity index (χ4n) is 1.87. The van der Waals surface area contributed by atoms with Crippen LogP contribution in [0.15, 0.2) is 29.2 Å². The number of carboxylic acid groups (broad SMARTS) is 1. The van der Waals surface area contributed by atoms with E-state index in [0.717, 1.165) is 10.4 Å². The van der Waals surface area contributed by atoms with Crippen LogP contribution < -0.4 is 0 Å². The van der Waals surface area contributed by atoms with E-state index in [2.05, 4.69) is 0 Å². The normalized spacial score (nSPS) is 24.5. The zero-order valence-electron chi connectivity index (χ0n) is 9.80. The molecule has 0 aromatic heterocycles. The third-order valence-electron chi connectivity index (χ3n) is 2.94. The quantitative estimate of drug-likeness (QED) is 0.664. The topological polar surface area (TPSA) is 115 Å². The first-order valence-corrected chi connectivity index (χ1v) is 6.96. The van der Waals surface area contributed by atoms with Gasteiger partial charge in [0.05, 0.1) is 22.7 Å². The smallest absolute Gasteiger partial charge is 0.335 e. The van der Waals surface area contributed by atoms with E-state index in [0.29, 0.717) is 0 Å². The Balaban J connectivity index is 2.35. The fourth-order valence-corrected chi connectivity index (χ4v) is 3.39. The van der Waals surface area contributed by atoms with Crippen molar-refractivity contribution in [3.63, 3.8) is 0 Å². The number of sulfonamides is 1. The van der Waals surface area contributed by atoms with Crippen LogP contribution in [0.2, 0.25) is 0 Å². The van der Waals surface area contributed by atoms with Crippen molar-refractivity contribution in [3.8, 4) is 0 Å². The van der Waals surface area contributed by atoms with Crippen LogP contribution in [0, 0.1) is 0 Å². The Labute approximate surface area is 109 Å². The molecule has 1 heterocycles. The Bertz CT molecular complexity index is 589. The van der Waals surface area contributed by atoms with E-state index in [9.17, 15) is 23.4 Å². The number of nitrogens with zero attached hydrogens (tertiary/aromatic N) is 1. The molecule has 1 saturated heterocycles. The van der Waals surface area contributed by atoms with Gasteiger partial charge in [-0.2, -0.15) is 4.31 Å². The molecule has 1 aliphatic rings. The third kappa shape index (κ3) is 2.61. The van der Waals surface area contributed by atoms with Crippen molar-refractivity contribution in [2.75, 3.05) is 13.1 Å². The minimum atomic E-state index is -3.91. The van der Waals surface area contributed by atoms with Crippen LogP contribution in [0.5, 0.6) is 0 Å². The summed E-state index contributed by atoms with van der Waals surface area (Å²) in [5.41, 5.74) is -0.138. The van der Waals surface area contributed by atoms with E-state index in [1.807, 2.05) is 0 Å². The molecule has 0 saturated carbocycles. The van der Waals surface area contributed by atoms with Gasteiger partial charge in [0.25, 0.3) is 0 Å². The molecule has 104 valence electrons. The van der Waals surface area contributed by atoms with Gasteiger partial charge in [-0.25, -0.2) is 13.2 Å². The molecule has 3 N–H and O–H groups in total. The monoisotopic (exact) mass is 287 g/mol. The predicted molar refractivity (Wildman–Crippen MR) is 64.2 cm³/mol. The van der Waals surface area contributed by atoms with Crippen LogP contribution in [0.3, 0.4) is 0 Å². The summed E-state index contributed by atoms with van der Waals surface area (Å²) in [4.78, 5) is 10.6. The Kier molecular flexibility index (Phi) is 3.59. The zero-order valence-corrected chi connectivity index (χ0v) is 10.6. The summed E-state index contributed by atoms with van der Waals surface area (Å²) in [5.74, 6) is -1.22. The van der Waals surface area contributed by atoms with Gasteiger partial charge in [0.15, 0.2) is 0 Å². The second-order valence-electron chi connectivity index (χ2n) is 4.29. The number of aliphatic hydroxyl groups excluding tert-OH is 2. The highest BCUT2D eigenvalue weighted by Gasteiger charge is 2.37. The Morgan fingerprint density at radius 3 is 2.32 bits per heavy atom. The third-order valence-corrected chi connectivity index (χ3v) is 4.77. The molecule has 0 spiro atoms. The lowest BCUT2D eigenvalue weighted by Crippen LogP contribution is -2.30. The van der Waals surface area contributed by atoms with Crippen LogP contribution in [0.25, 0.3) is 0 Å². The van der Waals surface area contributed by atoms with Gasteiger partial charge in [0, 0.05) is 13.1 Å². The number of rotatable bonds is 3. The highest BCUT2D eigenvalue weighted by atomic mass is 32.2. The molecule has 0 unspecified atom stereocenters. The predicted octanol–water partition coefficient (Wildman–Crippen LogP) is -0.889. The molecule has 19 heavy (non-hydrogen) atoms. The Morgan fingerprint density at radius 1 is 1.21 bits per heavy atom. The Hall–Kier alpha value is -1.48. The molecule has 1 fully saturated rings. The van der Waals surface area contributed by atoms with Crippen LogP contribution in [-0.4, -0.2) is 59.3 Å². The molecule has 2 rings (SSSR count). The highest BCUT2D eigenvalue weighted by molar-refractivity contribution is 7.89. The van der Waals surface area contributed by atoms with Crippen LogP contribution in [-0.2, 0) is 10.0 Å². The second-order valence-corrected chi connectivity index (χ2v) is 6.23. The van der Waals surface area contributed by atoms with E-state index in [-0.39, 0.29) is 23.5 Å². The highest BCUT2D eigenvalue weighted by Crippen LogP contribution is 2.22. The molecule has 0 aliphatic carbocycles. The molecular weight excluding hydrogens is 274 g/mol. The number of aromatic carboxylic acids is 1. The van der Waals surface area contributed by atoms with Gasteiger partial charge in [-0.1, -0.05) is 6.07 Å². The van der Waals surface area contributed by atoms with E-state index >= 15 is 0 Å². The van der Waals surface area contributed by atoms with Crippen molar-refractivity contribution in [2.24, 2.45) is 0 Å². The lowest BCUT2D eigenvalue weighted by Gasteiger charge is -2.15. The first kappa shape index (κ1) is 13.9. The van der Waals surface area contributed by atoms with E-state index in [4.69, 9.17) is 5.11 Å². The second kappa shape index (κ2) is 4.89. The standard InChI is InChI=1S/C11H13NO6S/c13-9-5-12(6-10(9)14)19(17,18)8-3-1-2-7(4-8)11(15)16/h1-4,9-10,13-14H,5-6H2,(H,15,16)/t9-,10+. The molecule has 2 atom stereocenters. The van der Waals surface area contributed by atoms with Crippen molar-refractivity contribution in [3.05, 3.63) is 29.8 Å². The van der Waals surface area contributed by atoms with Crippen molar-refractivity contribution < 1.29 is 28.5 Å². The summed E-state index contributed by atoms with van der Waals surface area (Å²) in [7, 11) is -3.91. The maximum Gasteiger partial charge on any atom is 0.335 e. The largest absolute Gasteiger partial charge is 0.478 e. The van der Waals surface area contributed by atoms with E-state index in [1.165, 1.54) is 18.2 Å². The van der Waals surface area contributed by atoms with Gasteiger partial charge in [-0.3, -0.25) is 0 Å². The summed E-state index contributed by atoms with van der Waals surface area (Å²) in [6, 6.07) is 4.95. The average Bonchev–Trinajstić information content (AvgIpc) is 2.70. The molecule has 1 aliphatic heterocycles. The van der Waals surface area contributed by atoms with Gasteiger partial charge in [0.1, 0.15) is 0 Å². The number of carbonyl (C=O) groups is 1. The van der Waals surface area contributed by atoms with Crippen LogP contribution >= 0.6 is 0 Å². The minimum absolute atomic E-state index is 0.138. The van der Waals surface area contributed by atoms with Crippen LogP contribution in [0.4, 0.5) is 0 Å². The van der Waals surface area contributed by atoms with E-state index in [1.54, 1.807) is 0 Å². The van der Waals surface area contributed by atoms with Crippen molar-refractivity contribution >= 4 is 16.0 Å². The van der Waals surface area contributed by atoms with Gasteiger partial charge < -0.3 is 15.3 Å². The van der Waals surface area contributed by atoms with Crippen molar-refractivity contribution in [2.45, 2.75) is 17.1 Å². The van der Waals surface area contributed by atoms with Gasteiger partial charge in [-0.15, -0.1) is 0 Å². The van der Waals surface area contributed by atoms with Crippen molar-refractivity contribution in [1.29, 1.82) is 0 Å². The summed E-state index contributed by atoms with van der Waals surface area (Å²) >= 11 is 0. The lowest BCUT2D eigenvalue weighted by atomic mass is 10.2. The number of aliphatic hydroxyl groups is 2. The van der Waals surface area contributed by atoms with Crippen LogP contribution in [0.1, 0.15) is 10.4 Å².